The van der Waals surface area contributed by atoms with E-state index in [0.717, 1.165) is 21.6 Å². The van der Waals surface area contributed by atoms with Crippen molar-refractivity contribution in [2.45, 2.75) is 32.6 Å². The van der Waals surface area contributed by atoms with Gasteiger partial charge in [-0.3, -0.25) is 9.59 Å². The molecule has 0 heterocycles. The molecule has 6 heteroatoms. The molecule has 4 nitrogen and oxygen atoms in total. The monoisotopic (exact) mass is 390 g/mol. The van der Waals surface area contributed by atoms with Crippen LogP contribution in [0.3, 0.4) is 0 Å². The largest absolute Gasteiger partial charge is 0.346 e. The number of carbonyl (C=O) groups is 2. The van der Waals surface area contributed by atoms with Gasteiger partial charge in [-0.25, -0.2) is 0 Å². The van der Waals surface area contributed by atoms with Crippen LogP contribution in [0.2, 0.25) is 5.02 Å². The second kappa shape index (κ2) is 9.10. The van der Waals surface area contributed by atoms with E-state index in [0.29, 0.717) is 10.7 Å². The van der Waals surface area contributed by atoms with Crippen molar-refractivity contribution in [1.29, 1.82) is 0 Å². The summed E-state index contributed by atoms with van der Waals surface area (Å²) in [6, 6.07) is 9.52. The molecule has 0 fully saturated rings. The number of aryl methyl sites for hydroxylation is 3. The average Bonchev–Trinajstić information content (AvgIpc) is 2.56. The van der Waals surface area contributed by atoms with Crippen LogP contribution in [0.5, 0.6) is 0 Å². The van der Waals surface area contributed by atoms with Gasteiger partial charge in [-0.1, -0.05) is 35.4 Å². The Morgan fingerprint density at radius 3 is 2.35 bits per heavy atom. The maximum atomic E-state index is 12.1. The van der Waals surface area contributed by atoms with Crippen LogP contribution >= 0.6 is 23.4 Å². The van der Waals surface area contributed by atoms with Gasteiger partial charge in [-0.05, 0) is 56.5 Å². The first kappa shape index (κ1) is 20.3. The van der Waals surface area contributed by atoms with Crippen LogP contribution in [0, 0.1) is 27.7 Å². The van der Waals surface area contributed by atoms with E-state index in [4.69, 9.17) is 11.6 Å². The minimum atomic E-state index is -0.281. The zero-order valence-electron chi connectivity index (χ0n) is 15.4. The molecule has 2 rings (SSSR count). The molecule has 0 aliphatic carbocycles. The molecular formula is C20H23ClN2O2S. The van der Waals surface area contributed by atoms with E-state index in [1.54, 1.807) is 18.2 Å². The molecule has 0 aromatic heterocycles. The standard InChI is InChI=1S/C20H23ClN2O2S/c1-12-8-13(2)20(14(3)9-12)26-11-19(25)22-10-18(24)23-17-7-5-6-16(21)15(17)4/h5-9H,10-11H2,1-4H3,(H,22,25)(H,23,24). The molecule has 0 aliphatic heterocycles. The van der Waals surface area contributed by atoms with Gasteiger partial charge in [0.05, 0.1) is 12.3 Å². The number of carbonyl (C=O) groups excluding carboxylic acids is 2. The summed E-state index contributed by atoms with van der Waals surface area (Å²) in [5.74, 6) is -0.183. The fraction of sp³-hybridized carbons (Fsp3) is 0.300. The molecule has 0 atom stereocenters. The minimum Gasteiger partial charge on any atom is -0.346 e. The van der Waals surface area contributed by atoms with Gasteiger partial charge in [0, 0.05) is 15.6 Å². The van der Waals surface area contributed by atoms with Crippen molar-refractivity contribution in [3.8, 4) is 0 Å². The smallest absolute Gasteiger partial charge is 0.243 e. The number of benzene rings is 2. The van der Waals surface area contributed by atoms with E-state index in [-0.39, 0.29) is 24.1 Å². The van der Waals surface area contributed by atoms with E-state index in [1.807, 2.05) is 20.8 Å². The summed E-state index contributed by atoms with van der Waals surface area (Å²) in [4.78, 5) is 25.2. The van der Waals surface area contributed by atoms with Gasteiger partial charge in [0.1, 0.15) is 0 Å². The maximum absolute atomic E-state index is 12.1. The van der Waals surface area contributed by atoms with Crippen molar-refractivity contribution in [2.24, 2.45) is 0 Å². The van der Waals surface area contributed by atoms with Crippen molar-refractivity contribution in [3.63, 3.8) is 0 Å². The van der Waals surface area contributed by atoms with Crippen molar-refractivity contribution >= 4 is 40.9 Å². The highest BCUT2D eigenvalue weighted by Crippen LogP contribution is 2.27. The van der Waals surface area contributed by atoms with Gasteiger partial charge in [-0.15, -0.1) is 11.8 Å². The third-order valence-electron chi connectivity index (χ3n) is 3.94. The van der Waals surface area contributed by atoms with Crippen molar-refractivity contribution in [2.75, 3.05) is 17.6 Å². The Kier molecular flexibility index (Phi) is 7.12. The summed E-state index contributed by atoms with van der Waals surface area (Å²) in [5, 5.41) is 6.00. The number of anilines is 1. The number of hydrogen-bond acceptors (Lipinski definition) is 3. The minimum absolute atomic E-state index is 0.0722. The SMILES string of the molecule is Cc1cc(C)c(SCC(=O)NCC(=O)Nc2cccc(Cl)c2C)c(C)c1. The second-order valence-electron chi connectivity index (χ2n) is 6.25. The summed E-state index contributed by atoms with van der Waals surface area (Å²) in [7, 11) is 0. The molecule has 138 valence electrons. The third-order valence-corrected chi connectivity index (χ3v) is 5.69. The fourth-order valence-corrected chi connectivity index (χ4v) is 3.82. The Hall–Kier alpha value is -1.98. The van der Waals surface area contributed by atoms with E-state index in [9.17, 15) is 9.59 Å². The van der Waals surface area contributed by atoms with Gasteiger partial charge in [0.2, 0.25) is 11.8 Å². The molecule has 0 saturated heterocycles. The lowest BCUT2D eigenvalue weighted by molar-refractivity contribution is -0.122. The fourth-order valence-electron chi connectivity index (χ4n) is 2.70. The Morgan fingerprint density at radius 1 is 1.04 bits per heavy atom. The first-order valence-electron chi connectivity index (χ1n) is 8.30. The van der Waals surface area contributed by atoms with Gasteiger partial charge in [-0.2, -0.15) is 0 Å². The normalized spacial score (nSPS) is 10.5. The zero-order chi connectivity index (χ0) is 19.3. The highest BCUT2D eigenvalue weighted by atomic mass is 35.5. The molecule has 2 aromatic rings. The quantitative estimate of drug-likeness (QED) is 0.718. The van der Waals surface area contributed by atoms with Crippen LogP contribution in [0.15, 0.2) is 35.2 Å². The van der Waals surface area contributed by atoms with Gasteiger partial charge in [0.15, 0.2) is 0 Å². The molecule has 26 heavy (non-hydrogen) atoms. The Balaban J connectivity index is 1.83. The molecule has 0 radical (unpaired) electrons. The Labute approximate surface area is 163 Å². The molecular weight excluding hydrogens is 368 g/mol. The third kappa shape index (κ3) is 5.51. The first-order valence-corrected chi connectivity index (χ1v) is 9.66. The molecule has 2 amide bonds. The maximum Gasteiger partial charge on any atom is 0.243 e. The topological polar surface area (TPSA) is 58.2 Å². The highest BCUT2D eigenvalue weighted by molar-refractivity contribution is 8.00. The number of nitrogens with one attached hydrogen (secondary N) is 2. The van der Waals surface area contributed by atoms with Crippen LogP contribution in [-0.4, -0.2) is 24.1 Å². The van der Waals surface area contributed by atoms with Crippen LogP contribution in [-0.2, 0) is 9.59 Å². The summed E-state index contributed by atoms with van der Waals surface area (Å²) < 4.78 is 0. The molecule has 0 spiro atoms. The van der Waals surface area contributed by atoms with Crippen LogP contribution in [0.1, 0.15) is 22.3 Å². The number of thioether (sulfide) groups is 1. The van der Waals surface area contributed by atoms with Crippen molar-refractivity contribution in [1.82, 2.24) is 5.32 Å². The Bertz CT molecular complexity index is 814. The second-order valence-corrected chi connectivity index (χ2v) is 7.65. The van der Waals surface area contributed by atoms with E-state index < -0.39 is 0 Å². The van der Waals surface area contributed by atoms with Gasteiger partial charge < -0.3 is 10.6 Å². The van der Waals surface area contributed by atoms with Crippen LogP contribution in [0.4, 0.5) is 5.69 Å². The van der Waals surface area contributed by atoms with Gasteiger partial charge in [0.25, 0.3) is 0 Å². The van der Waals surface area contributed by atoms with Crippen molar-refractivity contribution < 1.29 is 9.59 Å². The van der Waals surface area contributed by atoms with E-state index in [2.05, 4.69) is 29.7 Å². The first-order chi connectivity index (χ1) is 12.3. The van der Waals surface area contributed by atoms with E-state index >= 15 is 0 Å². The predicted octanol–water partition coefficient (Wildman–Crippen LogP) is 4.42. The highest BCUT2D eigenvalue weighted by Gasteiger charge is 2.11. The summed E-state index contributed by atoms with van der Waals surface area (Å²) in [5.41, 5.74) is 4.98. The molecule has 0 unspecified atom stereocenters. The molecule has 0 saturated carbocycles. The summed E-state index contributed by atoms with van der Waals surface area (Å²) >= 11 is 7.53. The number of rotatable bonds is 6. The van der Waals surface area contributed by atoms with Crippen LogP contribution in [0.25, 0.3) is 0 Å². The van der Waals surface area contributed by atoms with Gasteiger partial charge >= 0.3 is 0 Å². The summed E-state index contributed by atoms with van der Waals surface area (Å²) in [6.07, 6.45) is 0. The molecule has 0 bridgehead atoms. The van der Waals surface area contributed by atoms with Crippen LogP contribution < -0.4 is 10.6 Å². The molecule has 2 aromatic carbocycles. The van der Waals surface area contributed by atoms with Crippen molar-refractivity contribution in [3.05, 3.63) is 57.6 Å². The molecule has 2 N–H and O–H groups in total. The number of amides is 2. The summed E-state index contributed by atoms with van der Waals surface area (Å²) in [6.45, 7) is 7.90. The Morgan fingerprint density at radius 2 is 1.69 bits per heavy atom. The molecule has 0 aliphatic rings. The average molecular weight is 391 g/mol. The number of halogens is 1. The number of hydrogen-bond donors (Lipinski definition) is 2. The lowest BCUT2D eigenvalue weighted by Gasteiger charge is -2.12. The predicted molar refractivity (Wildman–Crippen MR) is 109 cm³/mol. The lowest BCUT2D eigenvalue weighted by Crippen LogP contribution is -2.34. The van der Waals surface area contributed by atoms with E-state index in [1.165, 1.54) is 17.3 Å². The lowest BCUT2D eigenvalue weighted by atomic mass is 10.1. The zero-order valence-corrected chi connectivity index (χ0v) is 17.0.